The molecule has 0 spiro atoms. The van der Waals surface area contributed by atoms with Crippen molar-refractivity contribution in [3.63, 3.8) is 0 Å². The van der Waals surface area contributed by atoms with Gasteiger partial charge < -0.3 is 9.84 Å². The van der Waals surface area contributed by atoms with E-state index in [0.717, 1.165) is 27.8 Å². The van der Waals surface area contributed by atoms with Crippen molar-refractivity contribution < 1.29 is 9.84 Å². The minimum absolute atomic E-state index is 0.165. The third-order valence-electron chi connectivity index (χ3n) is 3.46. The molecule has 0 saturated carbocycles. The van der Waals surface area contributed by atoms with E-state index < -0.39 is 6.10 Å². The van der Waals surface area contributed by atoms with E-state index in [1.807, 2.05) is 19.1 Å². The molecule has 96 valence electrons. The van der Waals surface area contributed by atoms with E-state index >= 15 is 0 Å². The molecule has 0 heterocycles. The maximum Gasteiger partial charge on any atom is 0.125 e. The lowest BCUT2D eigenvalue weighted by atomic mass is 9.80. The highest BCUT2D eigenvalue weighted by Crippen LogP contribution is 2.41. The lowest BCUT2D eigenvalue weighted by Gasteiger charge is -2.30. The van der Waals surface area contributed by atoms with E-state index in [0.29, 0.717) is 0 Å². The summed E-state index contributed by atoms with van der Waals surface area (Å²) in [6.07, 6.45) is 0.377. The van der Waals surface area contributed by atoms with Gasteiger partial charge in [0.25, 0.3) is 0 Å². The first kappa shape index (κ1) is 14.5. The molecule has 2 nitrogen and oxygen atoms in total. The largest absolute Gasteiger partial charge is 0.496 e. The summed E-state index contributed by atoms with van der Waals surface area (Å²) in [6, 6.07) is 3.91. The van der Waals surface area contributed by atoms with Crippen LogP contribution in [0.1, 0.15) is 44.4 Å². The second-order valence-corrected chi connectivity index (χ2v) is 5.94. The van der Waals surface area contributed by atoms with Gasteiger partial charge in [0.05, 0.1) is 13.2 Å². The van der Waals surface area contributed by atoms with E-state index in [1.54, 1.807) is 7.11 Å². The Morgan fingerprint density at radius 2 is 2.00 bits per heavy atom. The van der Waals surface area contributed by atoms with Gasteiger partial charge in [-0.15, -0.1) is 0 Å². The molecule has 0 radical (unpaired) electrons. The second-order valence-electron chi connectivity index (χ2n) is 5.09. The van der Waals surface area contributed by atoms with Crippen molar-refractivity contribution in [1.29, 1.82) is 0 Å². The van der Waals surface area contributed by atoms with Crippen LogP contribution >= 0.6 is 15.9 Å². The summed E-state index contributed by atoms with van der Waals surface area (Å²) in [6.45, 7) is 8.21. The Labute approximate surface area is 112 Å². The Hall–Kier alpha value is -0.540. The van der Waals surface area contributed by atoms with E-state index in [1.165, 1.54) is 0 Å². The fraction of sp³-hybridized carbons (Fsp3) is 0.571. The van der Waals surface area contributed by atoms with Gasteiger partial charge in [-0.2, -0.15) is 0 Å². The molecule has 1 atom stereocenters. The molecule has 0 bridgehead atoms. The quantitative estimate of drug-likeness (QED) is 0.901. The summed E-state index contributed by atoms with van der Waals surface area (Å²) >= 11 is 3.50. The van der Waals surface area contributed by atoms with Gasteiger partial charge in [0, 0.05) is 10.0 Å². The normalized spacial score (nSPS) is 13.6. The van der Waals surface area contributed by atoms with Crippen LogP contribution in [0.4, 0.5) is 0 Å². The van der Waals surface area contributed by atoms with Crippen molar-refractivity contribution in [1.82, 2.24) is 0 Å². The summed E-state index contributed by atoms with van der Waals surface area (Å²) in [7, 11) is 1.64. The number of halogens is 1. The Morgan fingerprint density at radius 3 is 2.47 bits per heavy atom. The van der Waals surface area contributed by atoms with Gasteiger partial charge in [-0.25, -0.2) is 0 Å². The maximum atomic E-state index is 10.5. The highest BCUT2D eigenvalue weighted by molar-refractivity contribution is 9.10. The number of hydrogen-bond donors (Lipinski definition) is 1. The molecule has 0 fully saturated rings. The average Bonchev–Trinajstić information content (AvgIpc) is 2.31. The van der Waals surface area contributed by atoms with Gasteiger partial charge >= 0.3 is 0 Å². The Kier molecular flexibility index (Phi) is 4.62. The molecule has 1 rings (SSSR count). The van der Waals surface area contributed by atoms with Gasteiger partial charge in [-0.3, -0.25) is 0 Å². The number of rotatable bonds is 4. The summed E-state index contributed by atoms with van der Waals surface area (Å²) in [5, 5.41) is 10.5. The molecule has 0 aliphatic rings. The molecule has 0 aliphatic carbocycles. The maximum absolute atomic E-state index is 10.5. The lowest BCUT2D eigenvalue weighted by Crippen LogP contribution is -2.21. The number of ether oxygens (including phenoxy) is 1. The Balaban J connectivity index is 3.25. The highest BCUT2D eigenvalue weighted by Gasteiger charge is 2.29. The number of hydrogen-bond acceptors (Lipinski definition) is 2. The highest BCUT2D eigenvalue weighted by atomic mass is 79.9. The summed E-state index contributed by atoms with van der Waals surface area (Å²) in [5.74, 6) is 0.750. The third kappa shape index (κ3) is 3.02. The van der Waals surface area contributed by atoms with Crippen molar-refractivity contribution in [2.45, 2.75) is 40.2 Å². The van der Waals surface area contributed by atoms with Crippen LogP contribution in [-0.4, -0.2) is 12.2 Å². The predicted molar refractivity (Wildman–Crippen MR) is 74.5 cm³/mol. The smallest absolute Gasteiger partial charge is 0.125 e. The number of methoxy groups -OCH3 is 1. The first-order valence-electron chi connectivity index (χ1n) is 5.85. The van der Waals surface area contributed by atoms with E-state index in [-0.39, 0.29) is 5.41 Å². The molecule has 1 aromatic carbocycles. The lowest BCUT2D eigenvalue weighted by molar-refractivity contribution is 0.0445. The molecule has 17 heavy (non-hydrogen) atoms. The number of benzene rings is 1. The molecule has 0 aromatic heterocycles. The third-order valence-corrected chi connectivity index (χ3v) is 4.31. The van der Waals surface area contributed by atoms with Crippen LogP contribution < -0.4 is 4.74 Å². The number of aryl methyl sites for hydroxylation is 1. The minimum Gasteiger partial charge on any atom is -0.496 e. The van der Waals surface area contributed by atoms with Gasteiger partial charge in [-0.05, 0) is 36.5 Å². The van der Waals surface area contributed by atoms with Crippen LogP contribution in [0.3, 0.4) is 0 Å². The zero-order valence-electron chi connectivity index (χ0n) is 11.2. The van der Waals surface area contributed by atoms with Crippen molar-refractivity contribution in [3.8, 4) is 5.75 Å². The molecule has 1 N–H and O–H groups in total. The molecular formula is C14H21BrO2. The molecule has 1 aromatic rings. The fourth-order valence-corrected chi connectivity index (χ4v) is 2.04. The monoisotopic (exact) mass is 300 g/mol. The Bertz CT molecular complexity index is 399. The number of aliphatic hydroxyl groups excluding tert-OH is 1. The van der Waals surface area contributed by atoms with Crippen LogP contribution in [-0.2, 0) is 0 Å². The molecule has 1 unspecified atom stereocenters. The van der Waals surface area contributed by atoms with E-state index in [4.69, 9.17) is 4.74 Å². The van der Waals surface area contributed by atoms with Crippen LogP contribution in [0.25, 0.3) is 0 Å². The zero-order valence-corrected chi connectivity index (χ0v) is 12.8. The zero-order chi connectivity index (χ0) is 13.2. The van der Waals surface area contributed by atoms with Gasteiger partial charge in [0.15, 0.2) is 0 Å². The SMILES string of the molecule is CCC(C)(C)C(O)c1cc(Br)c(C)cc1OC. The minimum atomic E-state index is -0.528. The molecule has 0 amide bonds. The van der Waals surface area contributed by atoms with Crippen LogP contribution in [0.5, 0.6) is 5.75 Å². The first-order chi connectivity index (χ1) is 7.83. The fourth-order valence-electron chi connectivity index (χ4n) is 1.68. The molecule has 3 heteroatoms. The predicted octanol–water partition coefficient (Wildman–Crippen LogP) is 4.24. The standard InChI is InChI=1S/C14H21BrO2/c1-6-14(3,4)13(16)10-8-11(15)9(2)7-12(10)17-5/h7-8,13,16H,6H2,1-5H3. The van der Waals surface area contributed by atoms with Crippen LogP contribution in [0.15, 0.2) is 16.6 Å². The van der Waals surface area contributed by atoms with Crippen molar-refractivity contribution >= 4 is 15.9 Å². The first-order valence-corrected chi connectivity index (χ1v) is 6.65. The molecule has 0 aliphatic heterocycles. The van der Waals surface area contributed by atoms with Gasteiger partial charge in [0.1, 0.15) is 5.75 Å². The Morgan fingerprint density at radius 1 is 1.41 bits per heavy atom. The van der Waals surface area contributed by atoms with Crippen LogP contribution in [0, 0.1) is 12.3 Å². The molecular weight excluding hydrogens is 280 g/mol. The average molecular weight is 301 g/mol. The topological polar surface area (TPSA) is 29.5 Å². The van der Waals surface area contributed by atoms with Crippen molar-refractivity contribution in [2.75, 3.05) is 7.11 Å². The summed E-state index contributed by atoms with van der Waals surface area (Å²) in [5.41, 5.74) is 1.78. The van der Waals surface area contributed by atoms with Crippen molar-refractivity contribution in [2.24, 2.45) is 5.41 Å². The van der Waals surface area contributed by atoms with Gasteiger partial charge in [-0.1, -0.05) is 36.7 Å². The van der Waals surface area contributed by atoms with Crippen molar-refractivity contribution in [3.05, 3.63) is 27.7 Å². The number of aliphatic hydroxyl groups is 1. The second kappa shape index (κ2) is 5.40. The van der Waals surface area contributed by atoms with Crippen LogP contribution in [0.2, 0.25) is 0 Å². The van der Waals surface area contributed by atoms with E-state index in [9.17, 15) is 5.11 Å². The van der Waals surface area contributed by atoms with E-state index in [2.05, 4.69) is 36.7 Å². The summed E-state index contributed by atoms with van der Waals surface area (Å²) < 4.78 is 6.36. The summed E-state index contributed by atoms with van der Waals surface area (Å²) in [4.78, 5) is 0. The molecule has 0 saturated heterocycles. The van der Waals surface area contributed by atoms with Gasteiger partial charge in [0.2, 0.25) is 0 Å².